The molecule has 0 spiro atoms. The van der Waals surface area contributed by atoms with Crippen LogP contribution in [0.5, 0.6) is 0 Å². The molecule has 3 aromatic heterocycles. The molecule has 0 aromatic carbocycles. The van der Waals surface area contributed by atoms with Gasteiger partial charge in [-0.05, 0) is 42.5 Å². The highest BCUT2D eigenvalue weighted by atomic mass is 16.2. The van der Waals surface area contributed by atoms with Crippen molar-refractivity contribution in [1.82, 2.24) is 24.6 Å². The lowest BCUT2D eigenvalue weighted by Gasteiger charge is -2.38. The number of primary amides is 1. The Morgan fingerprint density at radius 2 is 1.91 bits per heavy atom. The van der Waals surface area contributed by atoms with Crippen LogP contribution in [0.25, 0.3) is 5.69 Å². The fourth-order valence-corrected chi connectivity index (χ4v) is 3.86. The summed E-state index contributed by atoms with van der Waals surface area (Å²) in [5.74, 6) is -1.88. The maximum atomic E-state index is 13.1. The molecule has 0 radical (unpaired) electrons. The van der Waals surface area contributed by atoms with Crippen molar-refractivity contribution in [2.24, 2.45) is 11.7 Å². The smallest absolute Gasteiger partial charge is 0.313 e. The molecule has 1 saturated heterocycles. The second-order valence-corrected chi connectivity index (χ2v) is 7.86. The van der Waals surface area contributed by atoms with Gasteiger partial charge in [0.15, 0.2) is 0 Å². The first kappa shape index (κ1) is 21.2. The molecule has 0 unspecified atom stereocenters. The lowest BCUT2D eigenvalue weighted by atomic mass is 9.90. The number of hydrogen-bond acceptors (Lipinski definition) is 6. The molecule has 4 heterocycles. The fourth-order valence-electron chi connectivity index (χ4n) is 3.86. The average Bonchev–Trinajstić information content (AvgIpc) is 3.34. The van der Waals surface area contributed by atoms with Crippen LogP contribution in [0.4, 0.5) is 5.69 Å². The molecule has 3 amide bonds. The number of anilines is 1. The van der Waals surface area contributed by atoms with E-state index in [2.05, 4.69) is 20.4 Å². The van der Waals surface area contributed by atoms with E-state index >= 15 is 0 Å². The van der Waals surface area contributed by atoms with Crippen LogP contribution >= 0.6 is 0 Å². The van der Waals surface area contributed by atoms with Gasteiger partial charge in [-0.25, -0.2) is 4.68 Å². The summed E-state index contributed by atoms with van der Waals surface area (Å²) in [7, 11) is 0. The number of carbonyl (C=O) groups is 3. The van der Waals surface area contributed by atoms with Crippen LogP contribution in [0.2, 0.25) is 0 Å². The average molecular weight is 433 g/mol. The van der Waals surface area contributed by atoms with Crippen molar-refractivity contribution in [3.05, 3.63) is 66.5 Å². The summed E-state index contributed by atoms with van der Waals surface area (Å²) in [6.45, 7) is 2.50. The third-order valence-electron chi connectivity index (χ3n) is 5.45. The first-order valence-electron chi connectivity index (χ1n) is 10.2. The van der Waals surface area contributed by atoms with E-state index in [9.17, 15) is 14.4 Å². The van der Waals surface area contributed by atoms with Crippen LogP contribution in [0.15, 0.2) is 55.4 Å². The molecule has 164 valence electrons. The number of rotatable bonds is 4. The van der Waals surface area contributed by atoms with Gasteiger partial charge in [0.05, 0.1) is 35.4 Å². The van der Waals surface area contributed by atoms with E-state index in [0.717, 1.165) is 17.7 Å². The Morgan fingerprint density at radius 1 is 1.09 bits per heavy atom. The molecule has 3 N–H and O–H groups in total. The number of hydrogen-bond donors (Lipinski definition) is 2. The highest BCUT2D eigenvalue weighted by Gasteiger charge is 2.34. The second kappa shape index (κ2) is 8.96. The number of likely N-dealkylation sites (tertiary alicyclic amines) is 1. The number of nitrogens with one attached hydrogen (secondary N) is 1. The van der Waals surface area contributed by atoms with Gasteiger partial charge in [0.25, 0.3) is 0 Å². The van der Waals surface area contributed by atoms with Gasteiger partial charge in [-0.1, -0.05) is 6.92 Å². The Morgan fingerprint density at radius 3 is 2.66 bits per heavy atom. The summed E-state index contributed by atoms with van der Waals surface area (Å²) < 4.78 is 1.69. The molecule has 2 atom stereocenters. The molecule has 10 heteroatoms. The SMILES string of the molecule is C[C@@H]1CC[C@@H](c2cncc(-n3cccn3)c2)N(C(=O)C(=O)Nc2cncc(C(N)=O)c2)C1. The van der Waals surface area contributed by atoms with E-state index in [-0.39, 0.29) is 23.2 Å². The number of piperidine rings is 1. The lowest BCUT2D eigenvalue weighted by molar-refractivity contribution is -0.146. The number of nitrogens with zero attached hydrogens (tertiary/aromatic N) is 5. The molecule has 3 aromatic rings. The monoisotopic (exact) mass is 433 g/mol. The summed E-state index contributed by atoms with van der Waals surface area (Å²) >= 11 is 0. The van der Waals surface area contributed by atoms with Gasteiger partial charge < -0.3 is 16.0 Å². The summed E-state index contributed by atoms with van der Waals surface area (Å²) in [6, 6.07) is 4.84. The van der Waals surface area contributed by atoms with E-state index < -0.39 is 17.7 Å². The largest absolute Gasteiger partial charge is 0.366 e. The quantitative estimate of drug-likeness (QED) is 0.601. The highest BCUT2D eigenvalue weighted by molar-refractivity contribution is 6.39. The predicted octanol–water partition coefficient (Wildman–Crippen LogP) is 1.70. The topological polar surface area (TPSA) is 136 Å². The van der Waals surface area contributed by atoms with Crippen molar-refractivity contribution >= 4 is 23.4 Å². The van der Waals surface area contributed by atoms with Crippen LogP contribution in [0, 0.1) is 5.92 Å². The normalized spacial score (nSPS) is 18.2. The Labute approximate surface area is 184 Å². The Kier molecular flexibility index (Phi) is 5.93. The van der Waals surface area contributed by atoms with Crippen molar-refractivity contribution < 1.29 is 14.4 Å². The number of pyridine rings is 2. The fraction of sp³-hybridized carbons (Fsp3) is 0.273. The van der Waals surface area contributed by atoms with Gasteiger partial charge in [0.1, 0.15) is 0 Å². The van der Waals surface area contributed by atoms with Crippen LogP contribution < -0.4 is 11.1 Å². The minimum Gasteiger partial charge on any atom is -0.366 e. The summed E-state index contributed by atoms with van der Waals surface area (Å²) in [6.07, 6.45) is 11.2. The summed E-state index contributed by atoms with van der Waals surface area (Å²) in [5.41, 5.74) is 7.23. The number of carbonyl (C=O) groups excluding carboxylic acids is 3. The number of nitrogens with two attached hydrogens (primary N) is 1. The van der Waals surface area contributed by atoms with Crippen LogP contribution in [-0.4, -0.2) is 48.9 Å². The van der Waals surface area contributed by atoms with Crippen molar-refractivity contribution in [3.63, 3.8) is 0 Å². The molecule has 1 aliphatic heterocycles. The molecular formula is C22H23N7O3. The zero-order valence-corrected chi connectivity index (χ0v) is 17.5. The van der Waals surface area contributed by atoms with E-state index in [1.807, 2.05) is 25.3 Å². The third-order valence-corrected chi connectivity index (χ3v) is 5.45. The highest BCUT2D eigenvalue weighted by Crippen LogP contribution is 2.33. The van der Waals surface area contributed by atoms with E-state index in [0.29, 0.717) is 13.0 Å². The van der Waals surface area contributed by atoms with Crippen LogP contribution in [0.3, 0.4) is 0 Å². The van der Waals surface area contributed by atoms with Gasteiger partial charge in [-0.3, -0.25) is 24.4 Å². The predicted molar refractivity (Wildman–Crippen MR) is 116 cm³/mol. The van der Waals surface area contributed by atoms with E-state index in [4.69, 9.17) is 5.73 Å². The maximum Gasteiger partial charge on any atom is 0.313 e. The van der Waals surface area contributed by atoms with Crippen molar-refractivity contribution in [3.8, 4) is 5.69 Å². The van der Waals surface area contributed by atoms with Gasteiger partial charge in [0.2, 0.25) is 5.91 Å². The van der Waals surface area contributed by atoms with Gasteiger partial charge in [0, 0.05) is 31.3 Å². The number of amides is 3. The molecule has 0 saturated carbocycles. The van der Waals surface area contributed by atoms with Crippen LogP contribution in [-0.2, 0) is 9.59 Å². The van der Waals surface area contributed by atoms with Crippen molar-refractivity contribution in [1.29, 1.82) is 0 Å². The van der Waals surface area contributed by atoms with Crippen LogP contribution in [0.1, 0.15) is 41.7 Å². The van der Waals surface area contributed by atoms with Gasteiger partial charge >= 0.3 is 11.8 Å². The molecule has 0 bridgehead atoms. The lowest BCUT2D eigenvalue weighted by Crippen LogP contribution is -2.46. The second-order valence-electron chi connectivity index (χ2n) is 7.86. The zero-order valence-electron chi connectivity index (χ0n) is 17.5. The minimum atomic E-state index is -0.802. The summed E-state index contributed by atoms with van der Waals surface area (Å²) in [5, 5.41) is 6.75. The van der Waals surface area contributed by atoms with E-state index in [1.54, 1.807) is 28.2 Å². The van der Waals surface area contributed by atoms with Crippen molar-refractivity contribution in [2.45, 2.75) is 25.8 Å². The zero-order chi connectivity index (χ0) is 22.7. The molecule has 32 heavy (non-hydrogen) atoms. The Hall–Kier alpha value is -4.08. The first-order chi connectivity index (χ1) is 15.4. The first-order valence-corrected chi connectivity index (χ1v) is 10.2. The standard InChI is InChI=1S/C22H23N7O3/c1-14-3-4-19(15-8-18(12-25-9-15)29-6-2-5-26-29)28(13-14)22(32)21(31)27-17-7-16(20(23)30)10-24-11-17/h2,5-12,14,19H,3-4,13H2,1H3,(H2,23,30)(H,27,31)/t14-,19+/m1/s1. The summed E-state index contributed by atoms with van der Waals surface area (Å²) in [4.78, 5) is 47.0. The molecule has 10 nitrogen and oxygen atoms in total. The molecule has 1 fully saturated rings. The maximum absolute atomic E-state index is 13.1. The number of aromatic nitrogens is 4. The van der Waals surface area contributed by atoms with Gasteiger partial charge in [-0.2, -0.15) is 5.10 Å². The Balaban J connectivity index is 1.56. The Bertz CT molecular complexity index is 1150. The van der Waals surface area contributed by atoms with Gasteiger partial charge in [-0.15, -0.1) is 0 Å². The van der Waals surface area contributed by atoms with E-state index in [1.165, 1.54) is 18.5 Å². The minimum absolute atomic E-state index is 0.140. The molecule has 4 rings (SSSR count). The molecule has 0 aliphatic carbocycles. The third kappa shape index (κ3) is 4.48. The molecule has 1 aliphatic rings. The molecular weight excluding hydrogens is 410 g/mol. The van der Waals surface area contributed by atoms with Crippen molar-refractivity contribution in [2.75, 3.05) is 11.9 Å².